The number of sulfonamides is 1. The quantitative estimate of drug-likeness (QED) is 0.802. The van der Waals surface area contributed by atoms with E-state index in [-0.39, 0.29) is 0 Å². The van der Waals surface area contributed by atoms with Gasteiger partial charge >= 0.3 is 0 Å². The number of nitrogens with one attached hydrogen (secondary N) is 1. The predicted octanol–water partition coefficient (Wildman–Crippen LogP) is 2.83. The molecule has 1 N–H and O–H groups in total. The van der Waals surface area contributed by atoms with E-state index >= 15 is 0 Å². The molecule has 1 aromatic heterocycles. The van der Waals surface area contributed by atoms with Gasteiger partial charge in [0.2, 0.25) is 10.0 Å². The molecule has 0 radical (unpaired) electrons. The molecule has 1 atom stereocenters. The first-order valence-electron chi connectivity index (χ1n) is 7.09. The Morgan fingerprint density at radius 3 is 2.60 bits per heavy atom. The van der Waals surface area contributed by atoms with E-state index in [1.807, 2.05) is 19.9 Å². The topological polar surface area (TPSA) is 49.4 Å². The Hall–Kier alpha value is -0.430. The third kappa shape index (κ3) is 4.28. The van der Waals surface area contributed by atoms with Crippen molar-refractivity contribution in [2.24, 2.45) is 5.92 Å². The van der Waals surface area contributed by atoms with Gasteiger partial charge < -0.3 is 5.32 Å². The van der Waals surface area contributed by atoms with E-state index in [0.29, 0.717) is 17.4 Å². The highest BCUT2D eigenvalue weighted by Crippen LogP contribution is 2.28. The normalized spacial score (nSPS) is 13.9. The third-order valence-electron chi connectivity index (χ3n) is 3.43. The van der Waals surface area contributed by atoms with Crippen LogP contribution in [0.5, 0.6) is 0 Å². The van der Waals surface area contributed by atoms with Gasteiger partial charge in [0.15, 0.2) is 0 Å². The molecule has 1 aromatic rings. The van der Waals surface area contributed by atoms with Gasteiger partial charge in [0, 0.05) is 29.9 Å². The molecule has 0 saturated heterocycles. The molecule has 0 bridgehead atoms. The second kappa shape index (κ2) is 7.54. The summed E-state index contributed by atoms with van der Waals surface area (Å²) in [4.78, 5) is 2.40. The zero-order chi connectivity index (χ0) is 15.3. The van der Waals surface area contributed by atoms with Crippen LogP contribution < -0.4 is 5.32 Å². The number of aryl methyl sites for hydroxylation is 1. The van der Waals surface area contributed by atoms with Crippen LogP contribution in [0.2, 0.25) is 0 Å². The van der Waals surface area contributed by atoms with Crippen LogP contribution >= 0.6 is 11.3 Å². The van der Waals surface area contributed by atoms with Crippen molar-refractivity contribution >= 4 is 21.4 Å². The fourth-order valence-electron chi connectivity index (χ4n) is 1.95. The summed E-state index contributed by atoms with van der Waals surface area (Å²) in [6.45, 7) is 10.2. The zero-order valence-corrected chi connectivity index (χ0v) is 14.7. The summed E-state index contributed by atoms with van der Waals surface area (Å²) < 4.78 is 26.7. The Labute approximate surface area is 127 Å². The first-order valence-corrected chi connectivity index (χ1v) is 9.34. The Balaban J connectivity index is 2.94. The van der Waals surface area contributed by atoms with Gasteiger partial charge in [-0.3, -0.25) is 0 Å². The van der Waals surface area contributed by atoms with E-state index in [4.69, 9.17) is 0 Å². The summed E-state index contributed by atoms with van der Waals surface area (Å²) in [5, 5.41) is 3.23. The fraction of sp³-hybridized carbons (Fsp3) is 0.714. The van der Waals surface area contributed by atoms with Crippen molar-refractivity contribution in [2.75, 3.05) is 20.1 Å². The highest BCUT2D eigenvalue weighted by Gasteiger charge is 2.25. The van der Waals surface area contributed by atoms with Crippen LogP contribution in [0.1, 0.15) is 36.9 Å². The fourth-order valence-corrected chi connectivity index (χ4v) is 4.81. The lowest BCUT2D eigenvalue weighted by atomic mass is 10.1. The summed E-state index contributed by atoms with van der Waals surface area (Å²) in [5.74, 6) is 0.370. The Morgan fingerprint density at radius 2 is 2.05 bits per heavy atom. The van der Waals surface area contributed by atoms with Gasteiger partial charge in [-0.1, -0.05) is 27.2 Å². The summed E-state index contributed by atoms with van der Waals surface area (Å²) in [6.07, 6.45) is 0.980. The van der Waals surface area contributed by atoms with Gasteiger partial charge in [0.1, 0.15) is 0 Å². The lowest BCUT2D eigenvalue weighted by Gasteiger charge is -2.20. The van der Waals surface area contributed by atoms with E-state index in [1.165, 1.54) is 4.31 Å². The summed E-state index contributed by atoms with van der Waals surface area (Å²) in [6, 6.07) is 1.81. The molecule has 0 fully saturated rings. The summed E-state index contributed by atoms with van der Waals surface area (Å²) >= 11 is 1.55. The molecule has 1 unspecified atom stereocenters. The molecule has 0 aliphatic rings. The van der Waals surface area contributed by atoms with Gasteiger partial charge in [-0.05, 0) is 25.5 Å². The number of rotatable bonds is 8. The molecular weight excluding hydrogens is 292 g/mol. The van der Waals surface area contributed by atoms with Crippen molar-refractivity contribution in [3.8, 4) is 0 Å². The molecule has 0 saturated carbocycles. The van der Waals surface area contributed by atoms with Crippen molar-refractivity contribution < 1.29 is 8.42 Å². The van der Waals surface area contributed by atoms with E-state index in [1.54, 1.807) is 18.4 Å². The Morgan fingerprint density at radius 1 is 1.40 bits per heavy atom. The molecule has 6 heteroatoms. The van der Waals surface area contributed by atoms with Crippen LogP contribution in [0.25, 0.3) is 0 Å². The lowest BCUT2D eigenvalue weighted by Crippen LogP contribution is -2.31. The summed E-state index contributed by atoms with van der Waals surface area (Å²) in [5.41, 5.74) is 0. The molecular formula is C14H26N2O2S2. The van der Waals surface area contributed by atoms with E-state index in [0.717, 1.165) is 29.3 Å². The monoisotopic (exact) mass is 318 g/mol. The van der Waals surface area contributed by atoms with Crippen molar-refractivity contribution in [3.05, 3.63) is 15.8 Å². The van der Waals surface area contributed by atoms with E-state index in [2.05, 4.69) is 19.2 Å². The molecule has 1 rings (SSSR count). The van der Waals surface area contributed by atoms with Crippen LogP contribution in [0, 0.1) is 12.8 Å². The lowest BCUT2D eigenvalue weighted by molar-refractivity contribution is 0.393. The van der Waals surface area contributed by atoms with Crippen LogP contribution in [-0.4, -0.2) is 32.9 Å². The third-order valence-corrected chi connectivity index (χ3v) is 6.56. The van der Waals surface area contributed by atoms with Gasteiger partial charge in [-0.15, -0.1) is 11.3 Å². The van der Waals surface area contributed by atoms with Crippen molar-refractivity contribution in [2.45, 2.75) is 45.6 Å². The molecule has 116 valence electrons. The maximum atomic E-state index is 12.6. The minimum absolute atomic E-state index is 0.370. The standard InChI is InChI=1S/C14H26N2O2S2/c1-6-11(3)10-16(5)20(17,18)14-8-13(9-15-7-2)19-12(14)4/h8,11,15H,6-7,9-10H2,1-5H3. The molecule has 0 aliphatic heterocycles. The average Bonchev–Trinajstić information content (AvgIpc) is 2.77. The molecule has 0 aliphatic carbocycles. The minimum Gasteiger partial charge on any atom is -0.312 e. The highest BCUT2D eigenvalue weighted by molar-refractivity contribution is 7.89. The maximum Gasteiger partial charge on any atom is 0.243 e. The van der Waals surface area contributed by atoms with Crippen LogP contribution in [0.15, 0.2) is 11.0 Å². The van der Waals surface area contributed by atoms with Crippen LogP contribution in [-0.2, 0) is 16.6 Å². The molecule has 20 heavy (non-hydrogen) atoms. The van der Waals surface area contributed by atoms with Gasteiger partial charge in [0.05, 0.1) is 4.90 Å². The largest absolute Gasteiger partial charge is 0.312 e. The van der Waals surface area contributed by atoms with Gasteiger partial charge in [0.25, 0.3) is 0 Å². The molecule has 0 aromatic carbocycles. The van der Waals surface area contributed by atoms with Crippen molar-refractivity contribution in [1.29, 1.82) is 0 Å². The van der Waals surface area contributed by atoms with Crippen molar-refractivity contribution in [1.82, 2.24) is 9.62 Å². The Bertz CT molecular complexity index is 523. The first kappa shape index (κ1) is 17.6. The van der Waals surface area contributed by atoms with E-state index < -0.39 is 10.0 Å². The minimum atomic E-state index is -3.36. The predicted molar refractivity (Wildman–Crippen MR) is 85.7 cm³/mol. The van der Waals surface area contributed by atoms with E-state index in [9.17, 15) is 8.42 Å². The number of thiophene rings is 1. The molecule has 1 heterocycles. The van der Waals surface area contributed by atoms with Crippen LogP contribution in [0.4, 0.5) is 0 Å². The smallest absolute Gasteiger partial charge is 0.243 e. The number of hydrogen-bond donors (Lipinski definition) is 1. The number of nitrogens with zero attached hydrogens (tertiary/aromatic N) is 1. The van der Waals surface area contributed by atoms with Crippen molar-refractivity contribution in [3.63, 3.8) is 0 Å². The Kier molecular flexibility index (Phi) is 6.64. The average molecular weight is 319 g/mol. The number of hydrogen-bond acceptors (Lipinski definition) is 4. The molecule has 0 amide bonds. The highest BCUT2D eigenvalue weighted by atomic mass is 32.2. The van der Waals surface area contributed by atoms with Gasteiger partial charge in [-0.25, -0.2) is 12.7 Å². The SMILES string of the molecule is CCNCc1cc(S(=O)(=O)N(C)CC(C)CC)c(C)s1. The second-order valence-electron chi connectivity index (χ2n) is 5.21. The van der Waals surface area contributed by atoms with Crippen LogP contribution in [0.3, 0.4) is 0 Å². The molecule has 0 spiro atoms. The van der Waals surface area contributed by atoms with Gasteiger partial charge in [-0.2, -0.15) is 0 Å². The summed E-state index contributed by atoms with van der Waals surface area (Å²) in [7, 11) is -1.69. The molecule has 4 nitrogen and oxygen atoms in total. The maximum absolute atomic E-state index is 12.6. The zero-order valence-electron chi connectivity index (χ0n) is 13.1. The first-order chi connectivity index (χ1) is 9.32. The second-order valence-corrected chi connectivity index (χ2v) is 8.57.